The lowest BCUT2D eigenvalue weighted by molar-refractivity contribution is 0.453. The number of nitrogens with zero attached hydrogens (tertiary/aromatic N) is 2. The maximum absolute atomic E-state index is 6.01. The second-order valence-corrected chi connectivity index (χ2v) is 4.91. The summed E-state index contributed by atoms with van der Waals surface area (Å²) in [5, 5.41) is 12.0. The van der Waals surface area contributed by atoms with Crippen LogP contribution < -0.4 is 10.1 Å². The fourth-order valence-corrected chi connectivity index (χ4v) is 1.95. The van der Waals surface area contributed by atoms with Crippen molar-refractivity contribution in [2.75, 3.05) is 7.05 Å². The van der Waals surface area contributed by atoms with Crippen LogP contribution in [0.2, 0.25) is 15.1 Å². The molecule has 1 heterocycles. The molecule has 0 saturated carbocycles. The quantitative estimate of drug-likeness (QED) is 0.867. The van der Waals surface area contributed by atoms with E-state index in [1.54, 1.807) is 6.07 Å². The molecule has 2 aromatic rings. The number of hydrogen-bond acceptors (Lipinski definition) is 4. The van der Waals surface area contributed by atoms with Gasteiger partial charge in [-0.2, -0.15) is 5.10 Å². The van der Waals surface area contributed by atoms with Gasteiger partial charge in [0.2, 0.25) is 5.88 Å². The molecule has 1 N–H and O–H groups in total. The molecule has 0 spiro atoms. The molecule has 100 valence electrons. The van der Waals surface area contributed by atoms with E-state index in [0.717, 1.165) is 5.69 Å². The number of benzene rings is 1. The lowest BCUT2D eigenvalue weighted by Crippen LogP contribution is -2.07. The number of hydrogen-bond donors (Lipinski definition) is 1. The van der Waals surface area contributed by atoms with Gasteiger partial charge in [0.25, 0.3) is 0 Å². The molecule has 0 amide bonds. The highest BCUT2D eigenvalue weighted by molar-refractivity contribution is 6.43. The van der Waals surface area contributed by atoms with E-state index in [2.05, 4.69) is 15.5 Å². The first-order chi connectivity index (χ1) is 9.10. The third-order valence-electron chi connectivity index (χ3n) is 2.24. The van der Waals surface area contributed by atoms with Gasteiger partial charge in [0.1, 0.15) is 5.75 Å². The molecule has 0 aliphatic carbocycles. The monoisotopic (exact) mass is 317 g/mol. The molecule has 0 bridgehead atoms. The van der Waals surface area contributed by atoms with E-state index in [0.29, 0.717) is 33.2 Å². The number of aromatic nitrogens is 2. The van der Waals surface area contributed by atoms with Gasteiger partial charge >= 0.3 is 0 Å². The standard InChI is InChI=1S/C12H10Cl3N3O/c1-16-6-7-2-3-12(18-17-7)19-11-5-9(14)8(13)4-10(11)15/h2-5,16H,6H2,1H3. The van der Waals surface area contributed by atoms with Crippen molar-refractivity contribution in [1.82, 2.24) is 15.5 Å². The topological polar surface area (TPSA) is 47.0 Å². The normalized spacial score (nSPS) is 10.5. The van der Waals surface area contributed by atoms with Crippen molar-refractivity contribution in [3.8, 4) is 11.6 Å². The van der Waals surface area contributed by atoms with Crippen LogP contribution in [0.4, 0.5) is 0 Å². The van der Waals surface area contributed by atoms with Crippen molar-refractivity contribution in [2.24, 2.45) is 0 Å². The first-order valence-electron chi connectivity index (χ1n) is 5.39. The number of ether oxygens (including phenoxy) is 1. The Hall–Kier alpha value is -1.07. The molecule has 0 atom stereocenters. The highest BCUT2D eigenvalue weighted by Crippen LogP contribution is 2.35. The first-order valence-corrected chi connectivity index (χ1v) is 6.53. The van der Waals surface area contributed by atoms with E-state index in [1.807, 2.05) is 13.1 Å². The van der Waals surface area contributed by atoms with Crippen LogP contribution in [0.25, 0.3) is 0 Å². The number of nitrogens with one attached hydrogen (secondary N) is 1. The maximum atomic E-state index is 6.01. The number of halogens is 3. The van der Waals surface area contributed by atoms with Crippen molar-refractivity contribution in [2.45, 2.75) is 6.54 Å². The van der Waals surface area contributed by atoms with Gasteiger partial charge in [0.05, 0.1) is 20.8 Å². The van der Waals surface area contributed by atoms with E-state index >= 15 is 0 Å². The van der Waals surface area contributed by atoms with Crippen LogP contribution in [0, 0.1) is 0 Å². The molecule has 0 fully saturated rings. The smallest absolute Gasteiger partial charge is 0.238 e. The van der Waals surface area contributed by atoms with Crippen LogP contribution >= 0.6 is 34.8 Å². The van der Waals surface area contributed by atoms with Gasteiger partial charge in [0.15, 0.2) is 0 Å². The van der Waals surface area contributed by atoms with Crippen molar-refractivity contribution in [3.05, 3.63) is 45.0 Å². The molecule has 0 saturated heterocycles. The van der Waals surface area contributed by atoms with Gasteiger partial charge in [-0.15, -0.1) is 5.10 Å². The third-order valence-corrected chi connectivity index (χ3v) is 3.26. The highest BCUT2D eigenvalue weighted by Gasteiger charge is 2.09. The van der Waals surface area contributed by atoms with E-state index < -0.39 is 0 Å². The van der Waals surface area contributed by atoms with Crippen molar-refractivity contribution < 1.29 is 4.74 Å². The minimum atomic E-state index is 0.333. The molecule has 4 nitrogen and oxygen atoms in total. The summed E-state index contributed by atoms with van der Waals surface area (Å²) in [7, 11) is 1.83. The van der Waals surface area contributed by atoms with Crippen LogP contribution in [0.3, 0.4) is 0 Å². The Bertz CT molecular complexity index is 575. The maximum Gasteiger partial charge on any atom is 0.238 e. The summed E-state index contributed by atoms with van der Waals surface area (Å²) in [6.45, 7) is 0.640. The Morgan fingerprint density at radius 2 is 1.79 bits per heavy atom. The minimum absolute atomic E-state index is 0.333. The molecular formula is C12H10Cl3N3O. The molecule has 0 aliphatic heterocycles. The zero-order valence-electron chi connectivity index (χ0n) is 9.95. The SMILES string of the molecule is CNCc1ccc(Oc2cc(Cl)c(Cl)cc2Cl)nn1. The van der Waals surface area contributed by atoms with Gasteiger partial charge in [-0.25, -0.2) is 0 Å². The second kappa shape index (κ2) is 6.39. The summed E-state index contributed by atoms with van der Waals surface area (Å²) >= 11 is 17.7. The molecule has 2 rings (SSSR count). The van der Waals surface area contributed by atoms with Crippen LogP contribution in [0.1, 0.15) is 5.69 Å². The second-order valence-electron chi connectivity index (χ2n) is 3.69. The molecule has 0 unspecified atom stereocenters. The van der Waals surface area contributed by atoms with Crippen molar-refractivity contribution in [3.63, 3.8) is 0 Å². The summed E-state index contributed by atoms with van der Waals surface area (Å²) in [4.78, 5) is 0. The van der Waals surface area contributed by atoms with E-state index in [4.69, 9.17) is 39.5 Å². The Morgan fingerprint density at radius 1 is 1.05 bits per heavy atom. The summed E-state index contributed by atoms with van der Waals surface area (Å²) in [6.07, 6.45) is 0. The third kappa shape index (κ3) is 3.70. The lowest BCUT2D eigenvalue weighted by Gasteiger charge is -2.08. The zero-order chi connectivity index (χ0) is 13.8. The fourth-order valence-electron chi connectivity index (χ4n) is 1.37. The molecule has 7 heteroatoms. The molecule has 1 aromatic heterocycles. The summed E-state index contributed by atoms with van der Waals surface area (Å²) in [5.74, 6) is 0.715. The largest absolute Gasteiger partial charge is 0.436 e. The molecule has 0 radical (unpaired) electrons. The summed E-state index contributed by atoms with van der Waals surface area (Å²) in [6, 6.07) is 6.57. The predicted molar refractivity (Wildman–Crippen MR) is 76.3 cm³/mol. The molecular weight excluding hydrogens is 309 g/mol. The van der Waals surface area contributed by atoms with Gasteiger partial charge in [-0.3, -0.25) is 0 Å². The minimum Gasteiger partial charge on any atom is -0.436 e. The average molecular weight is 319 g/mol. The molecule has 19 heavy (non-hydrogen) atoms. The Kier molecular flexibility index (Phi) is 4.82. The predicted octanol–water partition coefficient (Wildman–Crippen LogP) is 3.95. The Labute approximate surface area is 125 Å². The van der Waals surface area contributed by atoms with Crippen molar-refractivity contribution >= 4 is 34.8 Å². The molecule has 0 aliphatic rings. The zero-order valence-corrected chi connectivity index (χ0v) is 12.2. The first kappa shape index (κ1) is 14.3. The molecule has 1 aromatic carbocycles. The van der Waals surface area contributed by atoms with E-state index in [1.165, 1.54) is 12.1 Å². The van der Waals surface area contributed by atoms with Gasteiger partial charge in [-0.1, -0.05) is 34.8 Å². The van der Waals surface area contributed by atoms with Gasteiger partial charge in [-0.05, 0) is 19.2 Å². The fraction of sp³-hybridized carbons (Fsp3) is 0.167. The van der Waals surface area contributed by atoms with Crippen LogP contribution in [-0.2, 0) is 6.54 Å². The van der Waals surface area contributed by atoms with E-state index in [9.17, 15) is 0 Å². The summed E-state index contributed by atoms with van der Waals surface area (Å²) < 4.78 is 5.51. The van der Waals surface area contributed by atoms with Crippen LogP contribution in [0.15, 0.2) is 24.3 Å². The van der Waals surface area contributed by atoms with Gasteiger partial charge in [0, 0.05) is 18.7 Å². The van der Waals surface area contributed by atoms with Crippen molar-refractivity contribution in [1.29, 1.82) is 0 Å². The van der Waals surface area contributed by atoms with Crippen LogP contribution in [0.5, 0.6) is 11.6 Å². The Balaban J connectivity index is 2.19. The average Bonchev–Trinajstić information content (AvgIpc) is 2.38. The summed E-state index contributed by atoms with van der Waals surface area (Å²) in [5.41, 5.74) is 0.815. The lowest BCUT2D eigenvalue weighted by atomic mass is 10.3. The van der Waals surface area contributed by atoms with E-state index in [-0.39, 0.29) is 0 Å². The number of rotatable bonds is 4. The van der Waals surface area contributed by atoms with Gasteiger partial charge < -0.3 is 10.1 Å². The van der Waals surface area contributed by atoms with Crippen LogP contribution in [-0.4, -0.2) is 17.2 Å². The Morgan fingerprint density at radius 3 is 2.42 bits per heavy atom. The highest BCUT2D eigenvalue weighted by atomic mass is 35.5.